The minimum Gasteiger partial charge on any atom is -0.461 e. The summed E-state index contributed by atoms with van der Waals surface area (Å²) in [6.45, 7) is 9.67. The van der Waals surface area contributed by atoms with Crippen LogP contribution in [0.4, 0.5) is 0 Å². The Balaban J connectivity index is 1.79. The van der Waals surface area contributed by atoms with Gasteiger partial charge in [-0.2, -0.15) is 0 Å². The number of hydrogen-bond acceptors (Lipinski definition) is 6. The summed E-state index contributed by atoms with van der Waals surface area (Å²) in [4.78, 5) is 38.3. The van der Waals surface area contributed by atoms with Crippen LogP contribution in [0.2, 0.25) is 0 Å². The Hall–Kier alpha value is -2.35. The molecule has 150 valence electrons. The Morgan fingerprint density at radius 1 is 1.11 bits per heavy atom. The van der Waals surface area contributed by atoms with Gasteiger partial charge in [-0.1, -0.05) is 20.8 Å². The van der Waals surface area contributed by atoms with Crippen LogP contribution in [0.15, 0.2) is 27.8 Å². The molecule has 0 saturated carbocycles. The number of hydrogen-bond donors (Lipinski definition) is 0. The minimum atomic E-state index is -0.412. The summed E-state index contributed by atoms with van der Waals surface area (Å²) in [5.74, 6) is 1.08. The van der Waals surface area contributed by atoms with E-state index in [2.05, 4.69) is 9.97 Å². The van der Waals surface area contributed by atoms with Crippen molar-refractivity contribution < 1.29 is 14.0 Å². The molecule has 0 spiro atoms. The summed E-state index contributed by atoms with van der Waals surface area (Å²) >= 11 is 1.42. The van der Waals surface area contributed by atoms with Gasteiger partial charge in [-0.3, -0.25) is 9.59 Å². The largest absolute Gasteiger partial charge is 0.461 e. The lowest BCUT2D eigenvalue weighted by atomic mass is 9.94. The molecule has 0 aromatic carbocycles. The third-order valence-electron chi connectivity index (χ3n) is 4.70. The van der Waals surface area contributed by atoms with Gasteiger partial charge in [0.1, 0.15) is 5.03 Å². The molecule has 0 bridgehead atoms. The molecular formula is C20H26N4O3S. The van der Waals surface area contributed by atoms with Crippen molar-refractivity contribution in [2.75, 3.05) is 32.4 Å². The van der Waals surface area contributed by atoms with Gasteiger partial charge in [-0.05, 0) is 25.3 Å². The highest BCUT2D eigenvalue weighted by Crippen LogP contribution is 2.27. The van der Waals surface area contributed by atoms with E-state index >= 15 is 0 Å². The lowest BCUT2D eigenvalue weighted by Crippen LogP contribution is -2.53. The van der Waals surface area contributed by atoms with E-state index in [1.165, 1.54) is 11.8 Å². The van der Waals surface area contributed by atoms with Gasteiger partial charge in [0.15, 0.2) is 11.6 Å². The maximum absolute atomic E-state index is 13.2. The van der Waals surface area contributed by atoms with Crippen LogP contribution in [-0.4, -0.2) is 64.0 Å². The third-order valence-corrected chi connectivity index (χ3v) is 5.38. The molecule has 28 heavy (non-hydrogen) atoms. The van der Waals surface area contributed by atoms with Crippen LogP contribution in [0.3, 0.4) is 0 Å². The molecule has 2 aromatic rings. The van der Waals surface area contributed by atoms with Crippen molar-refractivity contribution in [2.24, 2.45) is 5.41 Å². The van der Waals surface area contributed by atoms with Gasteiger partial charge in [0.05, 0.1) is 17.5 Å². The van der Waals surface area contributed by atoms with Crippen LogP contribution in [0, 0.1) is 12.3 Å². The molecule has 2 amide bonds. The van der Waals surface area contributed by atoms with Crippen molar-refractivity contribution in [3.63, 3.8) is 0 Å². The molecule has 0 unspecified atom stereocenters. The number of nitrogens with zero attached hydrogens (tertiary/aromatic N) is 4. The normalized spacial score (nSPS) is 15.0. The second kappa shape index (κ2) is 7.95. The Morgan fingerprint density at radius 3 is 2.29 bits per heavy atom. The molecule has 0 radical (unpaired) electrons. The van der Waals surface area contributed by atoms with E-state index in [4.69, 9.17) is 4.42 Å². The second-order valence-corrected chi connectivity index (χ2v) is 8.62. The number of aryl methyl sites for hydroxylation is 1. The van der Waals surface area contributed by atoms with Crippen molar-refractivity contribution in [3.05, 3.63) is 29.7 Å². The monoisotopic (exact) mass is 402 g/mol. The van der Waals surface area contributed by atoms with Gasteiger partial charge in [0, 0.05) is 31.6 Å². The lowest BCUT2D eigenvalue weighted by molar-refractivity contribution is -0.140. The SMILES string of the molecule is CSc1nc(-c2ccco2)nc(C)c1C(=O)N1CCN(C(=O)C(C)(C)C)CC1. The first-order chi connectivity index (χ1) is 13.2. The number of carbonyl (C=O) groups is 2. The predicted octanol–water partition coefficient (Wildman–Crippen LogP) is 3.10. The number of carbonyl (C=O) groups excluding carboxylic acids is 2. The van der Waals surface area contributed by atoms with E-state index in [1.54, 1.807) is 23.3 Å². The van der Waals surface area contributed by atoms with E-state index in [9.17, 15) is 9.59 Å². The van der Waals surface area contributed by atoms with Gasteiger partial charge in [-0.15, -0.1) is 11.8 Å². The highest BCUT2D eigenvalue weighted by atomic mass is 32.2. The molecule has 3 rings (SSSR count). The second-order valence-electron chi connectivity index (χ2n) is 7.83. The average molecular weight is 403 g/mol. The molecule has 1 aliphatic heterocycles. The Kier molecular flexibility index (Phi) is 5.79. The van der Waals surface area contributed by atoms with Crippen molar-refractivity contribution in [3.8, 4) is 11.6 Å². The van der Waals surface area contributed by atoms with Gasteiger partial charge < -0.3 is 14.2 Å². The number of aromatic nitrogens is 2. The van der Waals surface area contributed by atoms with Crippen molar-refractivity contribution in [1.82, 2.24) is 19.8 Å². The number of piperazine rings is 1. The topological polar surface area (TPSA) is 79.5 Å². The molecule has 8 heteroatoms. The summed E-state index contributed by atoms with van der Waals surface area (Å²) < 4.78 is 5.39. The summed E-state index contributed by atoms with van der Waals surface area (Å²) in [7, 11) is 0. The Labute approximate surface area is 169 Å². The van der Waals surface area contributed by atoms with Gasteiger partial charge in [-0.25, -0.2) is 9.97 Å². The molecule has 0 aliphatic carbocycles. The van der Waals surface area contributed by atoms with Crippen LogP contribution >= 0.6 is 11.8 Å². The standard InChI is InChI=1S/C20H26N4O3S/c1-13-15(17(28-5)22-16(21-13)14-7-6-12-27-14)18(25)23-8-10-24(11-9-23)19(26)20(2,3)4/h6-7,12H,8-11H2,1-5H3. The average Bonchev–Trinajstić information content (AvgIpc) is 3.20. The highest BCUT2D eigenvalue weighted by molar-refractivity contribution is 7.98. The van der Waals surface area contributed by atoms with E-state index in [0.29, 0.717) is 54.0 Å². The molecule has 7 nitrogen and oxygen atoms in total. The van der Waals surface area contributed by atoms with Crippen molar-refractivity contribution >= 4 is 23.6 Å². The van der Waals surface area contributed by atoms with Crippen molar-refractivity contribution in [2.45, 2.75) is 32.7 Å². The summed E-state index contributed by atoms with van der Waals surface area (Å²) in [5, 5.41) is 0.636. The lowest BCUT2D eigenvalue weighted by Gasteiger charge is -2.37. The number of furan rings is 1. The van der Waals surface area contributed by atoms with Crippen LogP contribution in [0.1, 0.15) is 36.8 Å². The first kappa shape index (κ1) is 20.4. The fourth-order valence-electron chi connectivity index (χ4n) is 3.20. The van der Waals surface area contributed by atoms with E-state index < -0.39 is 5.41 Å². The molecule has 1 fully saturated rings. The summed E-state index contributed by atoms with van der Waals surface area (Å²) in [5.41, 5.74) is 0.743. The Morgan fingerprint density at radius 2 is 1.75 bits per heavy atom. The maximum Gasteiger partial charge on any atom is 0.258 e. The van der Waals surface area contributed by atoms with Crippen LogP contribution in [0.5, 0.6) is 0 Å². The number of amides is 2. The summed E-state index contributed by atoms with van der Waals surface area (Å²) in [6, 6.07) is 3.58. The zero-order valence-electron chi connectivity index (χ0n) is 17.0. The predicted molar refractivity (Wildman–Crippen MR) is 108 cm³/mol. The molecule has 0 N–H and O–H groups in total. The fourth-order valence-corrected chi connectivity index (χ4v) is 3.82. The minimum absolute atomic E-state index is 0.0873. The quantitative estimate of drug-likeness (QED) is 0.580. The highest BCUT2D eigenvalue weighted by Gasteiger charge is 2.32. The van der Waals surface area contributed by atoms with Crippen LogP contribution < -0.4 is 0 Å². The van der Waals surface area contributed by atoms with Gasteiger partial charge >= 0.3 is 0 Å². The third kappa shape index (κ3) is 4.06. The number of rotatable bonds is 3. The Bertz CT molecular complexity index is 866. The smallest absolute Gasteiger partial charge is 0.258 e. The molecule has 3 heterocycles. The van der Waals surface area contributed by atoms with Gasteiger partial charge in [0.25, 0.3) is 5.91 Å². The zero-order chi connectivity index (χ0) is 20.5. The maximum atomic E-state index is 13.2. The summed E-state index contributed by atoms with van der Waals surface area (Å²) in [6.07, 6.45) is 3.47. The van der Waals surface area contributed by atoms with Gasteiger partial charge in [0.2, 0.25) is 5.91 Å². The van der Waals surface area contributed by atoms with E-state index in [1.807, 2.05) is 38.9 Å². The van der Waals surface area contributed by atoms with Crippen LogP contribution in [0.25, 0.3) is 11.6 Å². The van der Waals surface area contributed by atoms with Crippen molar-refractivity contribution in [1.29, 1.82) is 0 Å². The molecule has 2 aromatic heterocycles. The molecule has 0 atom stereocenters. The first-order valence-electron chi connectivity index (χ1n) is 9.27. The number of thioether (sulfide) groups is 1. The molecule has 1 saturated heterocycles. The molecular weight excluding hydrogens is 376 g/mol. The zero-order valence-corrected chi connectivity index (χ0v) is 17.8. The first-order valence-corrected chi connectivity index (χ1v) is 10.5. The van der Waals surface area contributed by atoms with E-state index in [-0.39, 0.29) is 11.8 Å². The fraction of sp³-hybridized carbons (Fsp3) is 0.500. The molecule has 1 aliphatic rings. The van der Waals surface area contributed by atoms with E-state index in [0.717, 1.165) is 0 Å². The van der Waals surface area contributed by atoms with Crippen LogP contribution in [-0.2, 0) is 4.79 Å².